The van der Waals surface area contributed by atoms with Gasteiger partial charge in [0.15, 0.2) is 0 Å². The van der Waals surface area contributed by atoms with Crippen molar-refractivity contribution in [3.8, 4) is 5.75 Å². The van der Waals surface area contributed by atoms with Gasteiger partial charge in [-0.25, -0.2) is 0 Å². The Morgan fingerprint density at radius 1 is 1.38 bits per heavy atom. The lowest BCUT2D eigenvalue weighted by Crippen LogP contribution is -2.52. The second kappa shape index (κ2) is 6.34. The van der Waals surface area contributed by atoms with E-state index in [-0.39, 0.29) is 0 Å². The fraction of sp³-hybridized carbons (Fsp3) is 0.647. The number of hydrogen-bond donors (Lipinski definition) is 1. The summed E-state index contributed by atoms with van der Waals surface area (Å²) in [5, 5.41) is 3.54. The Morgan fingerprint density at radius 3 is 2.95 bits per heavy atom. The highest BCUT2D eigenvalue weighted by atomic mass is 16.5. The number of rotatable bonds is 3. The Kier molecular flexibility index (Phi) is 4.48. The summed E-state index contributed by atoms with van der Waals surface area (Å²) in [6.07, 6.45) is 2.69. The van der Waals surface area contributed by atoms with E-state index in [0.717, 1.165) is 31.9 Å². The standard InChI is InChI=1S/C17H26N2O2/c1-12-11-19(8-9-21-12)16-7-5-13-4-6-14(20-3)10-15(13)17(16)18-2/h4,6,10,12,16-18H,5,7-9,11H2,1-3H3. The van der Waals surface area contributed by atoms with Crippen LogP contribution in [0.3, 0.4) is 0 Å². The van der Waals surface area contributed by atoms with Crippen LogP contribution in [0.2, 0.25) is 0 Å². The van der Waals surface area contributed by atoms with E-state index >= 15 is 0 Å². The minimum Gasteiger partial charge on any atom is -0.497 e. The maximum atomic E-state index is 5.69. The highest BCUT2D eigenvalue weighted by Gasteiger charge is 2.34. The minimum absolute atomic E-state index is 0.336. The number of hydrogen-bond acceptors (Lipinski definition) is 4. The van der Waals surface area contributed by atoms with Crippen molar-refractivity contribution in [3.63, 3.8) is 0 Å². The molecule has 2 aliphatic rings. The van der Waals surface area contributed by atoms with Crippen LogP contribution in [0.5, 0.6) is 5.75 Å². The third-order valence-electron chi connectivity index (χ3n) is 4.83. The quantitative estimate of drug-likeness (QED) is 0.923. The molecule has 0 spiro atoms. The lowest BCUT2D eigenvalue weighted by molar-refractivity contribution is -0.0421. The number of nitrogens with one attached hydrogen (secondary N) is 1. The molecule has 116 valence electrons. The molecule has 3 unspecified atom stereocenters. The first-order valence-corrected chi connectivity index (χ1v) is 7.92. The van der Waals surface area contributed by atoms with Crippen LogP contribution in [0.15, 0.2) is 18.2 Å². The second-order valence-electron chi connectivity index (χ2n) is 6.11. The fourth-order valence-corrected chi connectivity index (χ4v) is 3.78. The molecule has 0 saturated carbocycles. The predicted molar refractivity (Wildman–Crippen MR) is 83.9 cm³/mol. The number of methoxy groups -OCH3 is 1. The topological polar surface area (TPSA) is 33.7 Å². The summed E-state index contributed by atoms with van der Waals surface area (Å²) < 4.78 is 11.1. The average molecular weight is 290 g/mol. The van der Waals surface area contributed by atoms with Gasteiger partial charge in [-0.1, -0.05) is 6.07 Å². The molecule has 0 amide bonds. The van der Waals surface area contributed by atoms with Crippen LogP contribution in [0, 0.1) is 0 Å². The molecule has 1 N–H and O–H groups in total. The minimum atomic E-state index is 0.336. The molecule has 0 bridgehead atoms. The fourth-order valence-electron chi connectivity index (χ4n) is 3.78. The number of benzene rings is 1. The second-order valence-corrected chi connectivity index (χ2v) is 6.11. The number of ether oxygens (including phenoxy) is 2. The molecule has 21 heavy (non-hydrogen) atoms. The van der Waals surface area contributed by atoms with E-state index in [4.69, 9.17) is 9.47 Å². The van der Waals surface area contributed by atoms with Crippen LogP contribution >= 0.6 is 0 Å². The molecule has 3 atom stereocenters. The Balaban J connectivity index is 1.86. The SMILES string of the molecule is CNC1c2cc(OC)ccc2CCC1N1CCOC(C)C1. The van der Waals surface area contributed by atoms with E-state index in [1.807, 2.05) is 0 Å². The molecule has 1 aliphatic carbocycles. The molecule has 1 heterocycles. The van der Waals surface area contributed by atoms with E-state index in [1.165, 1.54) is 17.5 Å². The zero-order valence-electron chi connectivity index (χ0n) is 13.3. The van der Waals surface area contributed by atoms with Gasteiger partial charge in [-0.15, -0.1) is 0 Å². The molecule has 1 aliphatic heterocycles. The lowest BCUT2D eigenvalue weighted by atomic mass is 9.83. The largest absolute Gasteiger partial charge is 0.497 e. The van der Waals surface area contributed by atoms with Crippen LogP contribution in [0.1, 0.15) is 30.5 Å². The molecule has 0 radical (unpaired) electrons. The Morgan fingerprint density at radius 2 is 2.24 bits per heavy atom. The molecule has 0 aromatic heterocycles. The van der Waals surface area contributed by atoms with Gasteiger partial charge in [0.25, 0.3) is 0 Å². The number of likely N-dealkylation sites (N-methyl/N-ethyl adjacent to an activating group) is 1. The molecular weight excluding hydrogens is 264 g/mol. The van der Waals surface area contributed by atoms with Crippen molar-refractivity contribution in [1.29, 1.82) is 0 Å². The van der Waals surface area contributed by atoms with Crippen LogP contribution in [-0.4, -0.2) is 50.9 Å². The van der Waals surface area contributed by atoms with Crippen molar-refractivity contribution in [2.75, 3.05) is 33.9 Å². The maximum Gasteiger partial charge on any atom is 0.119 e. The van der Waals surface area contributed by atoms with Crippen LogP contribution in [0.4, 0.5) is 0 Å². The first-order chi connectivity index (χ1) is 10.2. The van der Waals surface area contributed by atoms with Gasteiger partial charge < -0.3 is 14.8 Å². The van der Waals surface area contributed by atoms with E-state index < -0.39 is 0 Å². The lowest BCUT2D eigenvalue weighted by Gasteiger charge is -2.44. The number of nitrogens with zero attached hydrogens (tertiary/aromatic N) is 1. The molecular formula is C17H26N2O2. The number of fused-ring (bicyclic) bond motifs is 1. The van der Waals surface area contributed by atoms with Crippen molar-refractivity contribution in [1.82, 2.24) is 10.2 Å². The number of aryl methyl sites for hydroxylation is 1. The predicted octanol–water partition coefficient (Wildman–Crippen LogP) is 1.99. The van der Waals surface area contributed by atoms with Gasteiger partial charge in [-0.05, 0) is 50.1 Å². The molecule has 1 saturated heterocycles. The van der Waals surface area contributed by atoms with Gasteiger partial charge in [0.2, 0.25) is 0 Å². The Labute approximate surface area is 127 Å². The Bertz CT molecular complexity index is 492. The van der Waals surface area contributed by atoms with Gasteiger partial charge in [-0.3, -0.25) is 4.90 Å². The van der Waals surface area contributed by atoms with Crippen molar-refractivity contribution >= 4 is 0 Å². The van der Waals surface area contributed by atoms with E-state index in [2.05, 4.69) is 42.4 Å². The van der Waals surface area contributed by atoms with Gasteiger partial charge in [-0.2, -0.15) is 0 Å². The summed E-state index contributed by atoms with van der Waals surface area (Å²) in [4.78, 5) is 2.59. The van der Waals surface area contributed by atoms with Gasteiger partial charge in [0.1, 0.15) is 5.75 Å². The molecule has 1 aromatic rings. The van der Waals surface area contributed by atoms with Crippen molar-refractivity contribution in [2.45, 2.75) is 38.0 Å². The van der Waals surface area contributed by atoms with E-state index in [0.29, 0.717) is 18.2 Å². The van der Waals surface area contributed by atoms with Gasteiger partial charge >= 0.3 is 0 Å². The maximum absolute atomic E-state index is 5.69. The highest BCUT2D eigenvalue weighted by molar-refractivity contribution is 5.40. The molecule has 4 heteroatoms. The summed E-state index contributed by atoms with van der Waals surface area (Å²) in [5.74, 6) is 0.949. The summed E-state index contributed by atoms with van der Waals surface area (Å²) in [6.45, 7) is 5.08. The third kappa shape index (κ3) is 2.93. The highest BCUT2D eigenvalue weighted by Crippen LogP contribution is 2.35. The van der Waals surface area contributed by atoms with Gasteiger partial charge in [0.05, 0.1) is 19.8 Å². The summed E-state index contributed by atoms with van der Waals surface area (Å²) in [5.41, 5.74) is 2.85. The van der Waals surface area contributed by atoms with Crippen LogP contribution in [0.25, 0.3) is 0 Å². The number of morpholine rings is 1. The first-order valence-electron chi connectivity index (χ1n) is 7.92. The summed E-state index contributed by atoms with van der Waals surface area (Å²) >= 11 is 0. The van der Waals surface area contributed by atoms with Crippen LogP contribution < -0.4 is 10.1 Å². The zero-order valence-corrected chi connectivity index (χ0v) is 13.3. The molecule has 4 nitrogen and oxygen atoms in total. The molecule has 1 fully saturated rings. The van der Waals surface area contributed by atoms with Crippen molar-refractivity contribution in [3.05, 3.63) is 29.3 Å². The monoisotopic (exact) mass is 290 g/mol. The third-order valence-corrected chi connectivity index (χ3v) is 4.83. The summed E-state index contributed by atoms with van der Waals surface area (Å²) in [6, 6.07) is 7.40. The molecule has 1 aromatic carbocycles. The summed E-state index contributed by atoms with van der Waals surface area (Å²) in [7, 11) is 3.80. The smallest absolute Gasteiger partial charge is 0.119 e. The van der Waals surface area contributed by atoms with Gasteiger partial charge in [0, 0.05) is 25.2 Å². The average Bonchev–Trinajstić information content (AvgIpc) is 2.53. The Hall–Kier alpha value is -1.10. The zero-order chi connectivity index (χ0) is 14.8. The normalized spacial score (nSPS) is 30.0. The van der Waals surface area contributed by atoms with Crippen LogP contribution in [-0.2, 0) is 11.2 Å². The van der Waals surface area contributed by atoms with Crippen molar-refractivity contribution in [2.24, 2.45) is 0 Å². The first kappa shape index (κ1) is 14.8. The van der Waals surface area contributed by atoms with E-state index in [1.54, 1.807) is 7.11 Å². The molecule has 3 rings (SSSR count). The van der Waals surface area contributed by atoms with E-state index in [9.17, 15) is 0 Å². The van der Waals surface area contributed by atoms with Crippen molar-refractivity contribution < 1.29 is 9.47 Å².